The Balaban J connectivity index is 1.62. The van der Waals surface area contributed by atoms with Crippen LogP contribution in [0.25, 0.3) is 0 Å². The minimum atomic E-state index is 0.729. The van der Waals surface area contributed by atoms with E-state index in [9.17, 15) is 0 Å². The lowest BCUT2D eigenvalue weighted by Gasteiger charge is -2.10. The molecule has 21 heavy (non-hydrogen) atoms. The molecule has 1 nitrogen and oxygen atoms in total. The molecule has 1 N–H and O–H groups in total. The van der Waals surface area contributed by atoms with Gasteiger partial charge in [-0.25, -0.2) is 0 Å². The maximum Gasteiger partial charge on any atom is 0.0400 e. The zero-order valence-corrected chi connectivity index (χ0v) is 13.1. The minimum absolute atomic E-state index is 0.729. The summed E-state index contributed by atoms with van der Waals surface area (Å²) in [4.78, 5) is 0. The van der Waals surface area contributed by atoms with Crippen LogP contribution in [0.1, 0.15) is 35.1 Å². The minimum Gasteiger partial charge on any atom is -0.381 e. The summed E-state index contributed by atoms with van der Waals surface area (Å²) in [5.41, 5.74) is 7.02. The first kappa shape index (κ1) is 14.5. The number of hydrogen-bond donors (Lipinski definition) is 1. The first-order valence-corrected chi connectivity index (χ1v) is 8.38. The Morgan fingerprint density at radius 1 is 0.952 bits per heavy atom. The van der Waals surface area contributed by atoms with Gasteiger partial charge in [-0.3, -0.25) is 0 Å². The Labute approximate surface area is 132 Å². The van der Waals surface area contributed by atoms with E-state index in [2.05, 4.69) is 47.8 Å². The average molecular weight is 300 g/mol. The Morgan fingerprint density at radius 2 is 1.86 bits per heavy atom. The smallest absolute Gasteiger partial charge is 0.0400 e. The second-order valence-electron chi connectivity index (χ2n) is 5.80. The molecule has 1 aliphatic rings. The van der Waals surface area contributed by atoms with E-state index in [1.54, 1.807) is 11.1 Å². The molecule has 2 aromatic carbocycles. The van der Waals surface area contributed by atoms with Gasteiger partial charge in [0, 0.05) is 18.1 Å². The summed E-state index contributed by atoms with van der Waals surface area (Å²) in [6.07, 6.45) is 5.91. The summed E-state index contributed by atoms with van der Waals surface area (Å²) in [7, 11) is 0. The van der Waals surface area contributed by atoms with Crippen molar-refractivity contribution in [1.29, 1.82) is 0 Å². The molecule has 0 unspecified atom stereocenters. The monoisotopic (exact) mass is 299 g/mol. The number of fused-ring (bicyclic) bond motifs is 1. The summed E-state index contributed by atoms with van der Waals surface area (Å²) in [6, 6.07) is 15.6. The molecule has 0 heterocycles. The quantitative estimate of drug-likeness (QED) is 0.744. The molecule has 3 rings (SSSR count). The van der Waals surface area contributed by atoms with Crippen molar-refractivity contribution in [2.45, 2.75) is 38.6 Å². The van der Waals surface area contributed by atoms with Crippen LogP contribution in [0, 0.1) is 0 Å². The van der Waals surface area contributed by atoms with Crippen LogP contribution < -0.4 is 5.32 Å². The maximum atomic E-state index is 5.76. The SMILES string of the molecule is ClCCCc1cccc(NCc2ccc3c(c2)CCC3)c1. The molecule has 0 bridgehead atoms. The topological polar surface area (TPSA) is 12.0 Å². The first-order valence-electron chi connectivity index (χ1n) is 7.84. The van der Waals surface area contributed by atoms with Gasteiger partial charge in [0.1, 0.15) is 0 Å². The predicted octanol–water partition coefficient (Wildman–Crippen LogP) is 4.96. The van der Waals surface area contributed by atoms with Gasteiger partial charge in [-0.2, -0.15) is 0 Å². The van der Waals surface area contributed by atoms with Gasteiger partial charge in [0.05, 0.1) is 0 Å². The van der Waals surface area contributed by atoms with E-state index in [0.29, 0.717) is 0 Å². The number of rotatable bonds is 6. The van der Waals surface area contributed by atoms with Crippen molar-refractivity contribution in [2.75, 3.05) is 11.2 Å². The van der Waals surface area contributed by atoms with Gasteiger partial charge in [0.15, 0.2) is 0 Å². The molecule has 0 spiro atoms. The van der Waals surface area contributed by atoms with Gasteiger partial charge in [-0.1, -0.05) is 30.3 Å². The van der Waals surface area contributed by atoms with Crippen LogP contribution in [0.3, 0.4) is 0 Å². The Hall–Kier alpha value is -1.47. The molecule has 0 amide bonds. The van der Waals surface area contributed by atoms with Crippen molar-refractivity contribution in [3.05, 3.63) is 64.7 Å². The fourth-order valence-electron chi connectivity index (χ4n) is 3.05. The molecule has 2 heteroatoms. The Bertz CT molecular complexity index is 606. The van der Waals surface area contributed by atoms with Crippen molar-refractivity contribution < 1.29 is 0 Å². The van der Waals surface area contributed by atoms with E-state index in [0.717, 1.165) is 25.3 Å². The van der Waals surface area contributed by atoms with Crippen LogP contribution in [0.4, 0.5) is 5.69 Å². The van der Waals surface area contributed by atoms with Gasteiger partial charge in [0.25, 0.3) is 0 Å². The van der Waals surface area contributed by atoms with Crippen molar-refractivity contribution in [3.8, 4) is 0 Å². The van der Waals surface area contributed by atoms with E-state index in [1.165, 1.54) is 36.1 Å². The number of nitrogens with one attached hydrogen (secondary N) is 1. The molecule has 0 saturated carbocycles. The lowest BCUT2D eigenvalue weighted by molar-refractivity contribution is 0.911. The molecule has 0 atom stereocenters. The number of aryl methyl sites for hydroxylation is 3. The molecular weight excluding hydrogens is 278 g/mol. The lowest BCUT2D eigenvalue weighted by Crippen LogP contribution is -2.01. The van der Waals surface area contributed by atoms with Crippen molar-refractivity contribution in [3.63, 3.8) is 0 Å². The standard InChI is InChI=1S/C19H22ClN/c20-11-3-5-15-4-1-8-19(13-15)21-14-16-9-10-17-6-2-7-18(17)12-16/h1,4,8-10,12-13,21H,2-3,5-7,11,14H2. The normalized spacial score (nSPS) is 13.2. The maximum absolute atomic E-state index is 5.76. The van der Waals surface area contributed by atoms with Gasteiger partial charge < -0.3 is 5.32 Å². The second kappa shape index (κ2) is 7.00. The Morgan fingerprint density at radius 3 is 2.76 bits per heavy atom. The lowest BCUT2D eigenvalue weighted by atomic mass is 10.1. The van der Waals surface area contributed by atoms with E-state index in [4.69, 9.17) is 11.6 Å². The van der Waals surface area contributed by atoms with Crippen molar-refractivity contribution in [2.24, 2.45) is 0 Å². The van der Waals surface area contributed by atoms with Gasteiger partial charge in [0.2, 0.25) is 0 Å². The molecule has 2 aromatic rings. The van der Waals surface area contributed by atoms with Crippen LogP contribution >= 0.6 is 11.6 Å². The van der Waals surface area contributed by atoms with Crippen molar-refractivity contribution in [1.82, 2.24) is 0 Å². The average Bonchev–Trinajstić information content (AvgIpc) is 2.99. The second-order valence-corrected chi connectivity index (χ2v) is 6.18. The highest BCUT2D eigenvalue weighted by Crippen LogP contribution is 2.23. The highest BCUT2D eigenvalue weighted by atomic mass is 35.5. The summed E-state index contributed by atoms with van der Waals surface area (Å²) in [5.74, 6) is 0.729. The molecule has 0 aliphatic heterocycles. The first-order chi connectivity index (χ1) is 10.3. The summed E-state index contributed by atoms with van der Waals surface area (Å²) < 4.78 is 0. The summed E-state index contributed by atoms with van der Waals surface area (Å²) in [5, 5.41) is 3.54. The fourth-order valence-corrected chi connectivity index (χ4v) is 3.18. The third-order valence-corrected chi connectivity index (χ3v) is 4.45. The zero-order chi connectivity index (χ0) is 14.5. The number of alkyl halides is 1. The number of hydrogen-bond acceptors (Lipinski definition) is 1. The van der Waals surface area contributed by atoms with Crippen LogP contribution in [-0.4, -0.2) is 5.88 Å². The fraction of sp³-hybridized carbons (Fsp3) is 0.368. The summed E-state index contributed by atoms with van der Waals surface area (Å²) >= 11 is 5.76. The largest absolute Gasteiger partial charge is 0.381 e. The van der Waals surface area contributed by atoms with Crippen molar-refractivity contribution >= 4 is 17.3 Å². The molecule has 0 saturated heterocycles. The van der Waals surface area contributed by atoms with Gasteiger partial charge in [-0.05, 0) is 66.5 Å². The van der Waals surface area contributed by atoms with E-state index >= 15 is 0 Å². The van der Waals surface area contributed by atoms with Crippen LogP contribution in [0.5, 0.6) is 0 Å². The molecule has 1 aliphatic carbocycles. The highest BCUT2D eigenvalue weighted by Gasteiger charge is 2.10. The number of anilines is 1. The molecule has 0 fully saturated rings. The summed E-state index contributed by atoms with van der Waals surface area (Å²) in [6.45, 7) is 0.895. The predicted molar refractivity (Wildman–Crippen MR) is 91.3 cm³/mol. The van der Waals surface area contributed by atoms with E-state index in [-0.39, 0.29) is 0 Å². The highest BCUT2D eigenvalue weighted by molar-refractivity contribution is 6.17. The number of halogens is 1. The molecule has 0 radical (unpaired) electrons. The molecule has 110 valence electrons. The molecule has 0 aromatic heterocycles. The zero-order valence-electron chi connectivity index (χ0n) is 12.4. The van der Waals surface area contributed by atoms with Gasteiger partial charge >= 0.3 is 0 Å². The van der Waals surface area contributed by atoms with Crippen LogP contribution in [-0.2, 0) is 25.8 Å². The van der Waals surface area contributed by atoms with Crippen LogP contribution in [0.2, 0.25) is 0 Å². The van der Waals surface area contributed by atoms with Gasteiger partial charge in [-0.15, -0.1) is 11.6 Å². The van der Waals surface area contributed by atoms with Crippen LogP contribution in [0.15, 0.2) is 42.5 Å². The number of benzene rings is 2. The Kier molecular flexibility index (Phi) is 4.82. The van der Waals surface area contributed by atoms with E-state index in [1.807, 2.05) is 0 Å². The molecular formula is C19H22ClN. The van der Waals surface area contributed by atoms with E-state index < -0.39 is 0 Å². The third-order valence-electron chi connectivity index (χ3n) is 4.19. The third kappa shape index (κ3) is 3.79.